The SMILES string of the molecule is Cc1ccc(NC(NC(c2ccc(-c3ccc4c(c3)C3=C(CC4)SC(c4ccccc4)N3)cc2)N(C)C)c2ccccc2)cc1. The Morgan fingerprint density at radius 3 is 2.13 bits per heavy atom. The van der Waals surface area contributed by atoms with E-state index >= 15 is 0 Å². The number of nitrogens with zero attached hydrogens (tertiary/aromatic N) is 1. The summed E-state index contributed by atoms with van der Waals surface area (Å²) in [7, 11) is 4.26. The quantitative estimate of drug-likeness (QED) is 0.146. The van der Waals surface area contributed by atoms with E-state index in [1.54, 1.807) is 0 Å². The van der Waals surface area contributed by atoms with Gasteiger partial charge in [0.1, 0.15) is 11.5 Å². The van der Waals surface area contributed by atoms with Gasteiger partial charge >= 0.3 is 0 Å². The first-order chi connectivity index (χ1) is 22.0. The molecule has 0 radical (unpaired) electrons. The van der Waals surface area contributed by atoms with Crippen molar-refractivity contribution in [2.75, 3.05) is 19.4 Å². The molecule has 0 fully saturated rings. The van der Waals surface area contributed by atoms with Crippen LogP contribution in [0.15, 0.2) is 132 Å². The molecule has 45 heavy (non-hydrogen) atoms. The summed E-state index contributed by atoms with van der Waals surface area (Å²) in [5.41, 5.74) is 12.7. The average molecular weight is 609 g/mol. The van der Waals surface area contributed by atoms with Gasteiger partial charge in [-0.2, -0.15) is 0 Å². The number of hydrogen-bond acceptors (Lipinski definition) is 5. The normalized spacial score (nSPS) is 16.9. The topological polar surface area (TPSA) is 39.3 Å². The van der Waals surface area contributed by atoms with E-state index in [0.29, 0.717) is 0 Å². The van der Waals surface area contributed by atoms with Gasteiger partial charge in [0.05, 0.1) is 11.9 Å². The van der Waals surface area contributed by atoms with Gasteiger partial charge in [0.2, 0.25) is 0 Å². The lowest BCUT2D eigenvalue weighted by Gasteiger charge is -2.32. The number of fused-ring (bicyclic) bond motifs is 2. The Hall–Kier alpha value is -4.29. The summed E-state index contributed by atoms with van der Waals surface area (Å²) in [6.45, 7) is 2.12. The number of nitrogens with one attached hydrogen (secondary N) is 3. The molecular weight excluding hydrogens is 569 g/mol. The van der Waals surface area contributed by atoms with Crippen molar-refractivity contribution in [1.82, 2.24) is 15.5 Å². The number of anilines is 1. The van der Waals surface area contributed by atoms with E-state index in [4.69, 9.17) is 0 Å². The zero-order valence-electron chi connectivity index (χ0n) is 26.1. The summed E-state index contributed by atoms with van der Waals surface area (Å²) in [5.74, 6) is 0. The van der Waals surface area contributed by atoms with Crippen LogP contribution in [-0.4, -0.2) is 19.0 Å². The maximum atomic E-state index is 3.89. The summed E-state index contributed by atoms with van der Waals surface area (Å²) in [6.07, 6.45) is 2.14. The molecule has 2 aliphatic rings. The highest BCUT2D eigenvalue weighted by atomic mass is 32.2. The van der Waals surface area contributed by atoms with Crippen LogP contribution in [0.2, 0.25) is 0 Å². The van der Waals surface area contributed by atoms with Gasteiger partial charge in [0.15, 0.2) is 0 Å². The van der Waals surface area contributed by atoms with Gasteiger partial charge in [0, 0.05) is 16.2 Å². The van der Waals surface area contributed by atoms with Crippen LogP contribution in [0.3, 0.4) is 0 Å². The number of rotatable bonds is 9. The van der Waals surface area contributed by atoms with Crippen LogP contribution in [-0.2, 0) is 6.42 Å². The van der Waals surface area contributed by atoms with Crippen LogP contribution >= 0.6 is 11.8 Å². The van der Waals surface area contributed by atoms with E-state index in [1.807, 2.05) is 11.8 Å². The molecule has 0 aromatic heterocycles. The van der Waals surface area contributed by atoms with Gasteiger partial charge in [-0.15, -0.1) is 0 Å². The molecule has 3 atom stereocenters. The van der Waals surface area contributed by atoms with Crippen LogP contribution < -0.4 is 16.0 Å². The molecule has 0 bridgehead atoms. The molecule has 0 spiro atoms. The Morgan fingerprint density at radius 1 is 0.733 bits per heavy atom. The number of hydrogen-bond donors (Lipinski definition) is 3. The highest BCUT2D eigenvalue weighted by Crippen LogP contribution is 2.48. The van der Waals surface area contributed by atoms with Crippen molar-refractivity contribution in [1.29, 1.82) is 0 Å². The van der Waals surface area contributed by atoms with Crippen LogP contribution in [0.1, 0.15) is 57.5 Å². The standard InChI is InChI=1S/C40H40N4S/c1-27-14-23-34(24-15-27)41-38(30-10-6-4-7-11-30)43-39(44(2)3)31-19-16-28(17-20-31)33-21-18-29-22-25-36-37(35(29)26-33)42-40(45-36)32-12-8-5-9-13-32/h4-21,23-24,26,38-43H,22,25H2,1-3H3. The average Bonchev–Trinajstić information content (AvgIpc) is 3.53. The fourth-order valence-corrected chi connectivity index (χ4v) is 7.59. The first-order valence-electron chi connectivity index (χ1n) is 15.8. The lowest BCUT2D eigenvalue weighted by Crippen LogP contribution is -2.39. The van der Waals surface area contributed by atoms with E-state index in [-0.39, 0.29) is 17.7 Å². The Labute approximate surface area is 271 Å². The van der Waals surface area contributed by atoms with Gasteiger partial charge < -0.3 is 10.6 Å². The van der Waals surface area contributed by atoms with E-state index in [1.165, 1.54) is 55.1 Å². The minimum Gasteiger partial charge on any atom is -0.368 e. The molecule has 0 amide bonds. The van der Waals surface area contributed by atoms with Crippen LogP contribution in [0, 0.1) is 6.92 Å². The van der Waals surface area contributed by atoms with Crippen molar-refractivity contribution >= 4 is 23.1 Å². The molecule has 0 saturated carbocycles. The van der Waals surface area contributed by atoms with E-state index in [2.05, 4.69) is 169 Å². The summed E-state index contributed by atoms with van der Waals surface area (Å²) in [5, 5.41) is 11.7. The van der Waals surface area contributed by atoms with Crippen molar-refractivity contribution in [2.24, 2.45) is 0 Å². The Kier molecular flexibility index (Phi) is 8.49. The predicted octanol–water partition coefficient (Wildman–Crippen LogP) is 9.27. The molecule has 3 unspecified atom stereocenters. The predicted molar refractivity (Wildman–Crippen MR) is 191 cm³/mol. The van der Waals surface area contributed by atoms with E-state index < -0.39 is 0 Å². The third kappa shape index (κ3) is 6.43. The highest BCUT2D eigenvalue weighted by molar-refractivity contribution is 8.03. The lowest BCUT2D eigenvalue weighted by molar-refractivity contribution is 0.234. The molecule has 3 N–H and O–H groups in total. The van der Waals surface area contributed by atoms with Crippen molar-refractivity contribution in [3.63, 3.8) is 0 Å². The van der Waals surface area contributed by atoms with Gasteiger partial charge in [-0.1, -0.05) is 127 Å². The minimum absolute atomic E-state index is 0.00749. The molecule has 4 nitrogen and oxygen atoms in total. The van der Waals surface area contributed by atoms with Crippen molar-refractivity contribution in [3.05, 3.63) is 166 Å². The van der Waals surface area contributed by atoms with Crippen LogP contribution in [0.25, 0.3) is 16.8 Å². The first kappa shape index (κ1) is 29.4. The first-order valence-corrected chi connectivity index (χ1v) is 16.7. The number of thioether (sulfide) groups is 1. The van der Waals surface area contributed by atoms with E-state index in [0.717, 1.165) is 18.5 Å². The third-order valence-electron chi connectivity index (χ3n) is 8.81. The fourth-order valence-electron chi connectivity index (χ4n) is 6.33. The second kappa shape index (κ2) is 13.0. The maximum absolute atomic E-state index is 3.89. The van der Waals surface area contributed by atoms with Crippen molar-refractivity contribution in [3.8, 4) is 11.1 Å². The molecule has 5 heteroatoms. The Morgan fingerprint density at radius 2 is 1.42 bits per heavy atom. The van der Waals surface area contributed by atoms with Crippen LogP contribution in [0.4, 0.5) is 5.69 Å². The third-order valence-corrected chi connectivity index (χ3v) is 10.1. The number of allylic oxidation sites excluding steroid dienone is 1. The van der Waals surface area contributed by atoms with Gasteiger partial charge in [-0.3, -0.25) is 10.2 Å². The largest absolute Gasteiger partial charge is 0.368 e. The molecule has 1 aliphatic heterocycles. The molecule has 0 saturated heterocycles. The number of benzene rings is 5. The molecule has 5 aromatic rings. The van der Waals surface area contributed by atoms with Gasteiger partial charge in [0.25, 0.3) is 0 Å². The summed E-state index contributed by atoms with van der Waals surface area (Å²) in [6, 6.07) is 46.0. The maximum Gasteiger partial charge on any atom is 0.105 e. The molecule has 1 heterocycles. The lowest BCUT2D eigenvalue weighted by atomic mass is 9.90. The zero-order chi connectivity index (χ0) is 30.8. The van der Waals surface area contributed by atoms with Crippen molar-refractivity contribution < 1.29 is 0 Å². The molecule has 1 aliphatic carbocycles. The molecule has 226 valence electrons. The summed E-state index contributed by atoms with van der Waals surface area (Å²) >= 11 is 1.98. The Balaban J connectivity index is 1.12. The smallest absolute Gasteiger partial charge is 0.105 e. The molecule has 5 aromatic carbocycles. The monoisotopic (exact) mass is 608 g/mol. The van der Waals surface area contributed by atoms with Crippen molar-refractivity contribution in [2.45, 2.75) is 37.5 Å². The fraction of sp³-hybridized carbons (Fsp3) is 0.200. The second-order valence-corrected chi connectivity index (χ2v) is 13.4. The summed E-state index contributed by atoms with van der Waals surface area (Å²) < 4.78 is 0. The highest BCUT2D eigenvalue weighted by Gasteiger charge is 2.30. The zero-order valence-corrected chi connectivity index (χ0v) is 26.9. The molecular formula is C40H40N4S. The second-order valence-electron chi connectivity index (χ2n) is 12.2. The minimum atomic E-state index is -0.0689. The van der Waals surface area contributed by atoms with E-state index in [9.17, 15) is 0 Å². The molecule has 7 rings (SSSR count). The number of aryl methyl sites for hydroxylation is 2. The van der Waals surface area contributed by atoms with Gasteiger partial charge in [-0.05, 0) is 85.4 Å². The Bertz CT molecular complexity index is 1780. The van der Waals surface area contributed by atoms with Gasteiger partial charge in [-0.25, -0.2) is 0 Å². The summed E-state index contributed by atoms with van der Waals surface area (Å²) in [4.78, 5) is 3.72. The van der Waals surface area contributed by atoms with Crippen LogP contribution in [0.5, 0.6) is 0 Å².